The van der Waals surface area contributed by atoms with E-state index in [4.69, 9.17) is 4.42 Å². The number of hydrogen-bond acceptors (Lipinski definition) is 2. The zero-order valence-corrected chi connectivity index (χ0v) is 34.6. The fourth-order valence-electron chi connectivity index (χ4n) is 9.15. The maximum atomic E-state index is 6.29. The molecule has 0 aliphatic carbocycles. The van der Waals surface area contributed by atoms with E-state index >= 15 is 0 Å². The van der Waals surface area contributed by atoms with Gasteiger partial charge in [-0.25, -0.2) is 0 Å². The summed E-state index contributed by atoms with van der Waals surface area (Å²) in [5.74, 6) is 0. The minimum atomic E-state index is 0.904. The summed E-state index contributed by atoms with van der Waals surface area (Å²) in [6, 6.07) is 83.5. The Morgan fingerprint density at radius 2 is 0.710 bits per heavy atom. The molecule has 2 aromatic heterocycles. The SMILES string of the molecule is c1ccc(-c2cc(-c3ccc(-c4ccc(-c5ccc(-c6cccc7c6sc6cc(-c8ccccc8)ccc67)cc5)cc4)cc3)cc(-c3cccc4oc5ccccc5c34)c2)cc1. The summed E-state index contributed by atoms with van der Waals surface area (Å²) >= 11 is 1.89. The Balaban J connectivity index is 0.826. The first-order valence-corrected chi connectivity index (χ1v) is 22.0. The third-order valence-electron chi connectivity index (χ3n) is 12.3. The molecule has 0 atom stereocenters. The maximum Gasteiger partial charge on any atom is 0.136 e. The second kappa shape index (κ2) is 15.0. The van der Waals surface area contributed by atoms with Gasteiger partial charge in [-0.15, -0.1) is 11.3 Å². The summed E-state index contributed by atoms with van der Waals surface area (Å²) in [6.45, 7) is 0. The fourth-order valence-corrected chi connectivity index (χ4v) is 10.4. The molecule has 0 saturated carbocycles. The van der Waals surface area contributed by atoms with Crippen molar-refractivity contribution in [3.8, 4) is 77.9 Å². The van der Waals surface area contributed by atoms with Gasteiger partial charge in [-0.2, -0.15) is 0 Å². The Morgan fingerprint density at radius 1 is 0.258 bits per heavy atom. The summed E-state index contributed by atoms with van der Waals surface area (Å²) < 4.78 is 8.94. The molecular weight excluding hydrogens is 769 g/mol. The van der Waals surface area contributed by atoms with E-state index in [2.05, 4.69) is 218 Å². The Bertz CT molecular complexity index is 3580. The molecule has 1 nitrogen and oxygen atoms in total. The summed E-state index contributed by atoms with van der Waals surface area (Å²) in [4.78, 5) is 0. The van der Waals surface area contributed by atoms with Crippen LogP contribution in [0.15, 0.2) is 235 Å². The van der Waals surface area contributed by atoms with Crippen LogP contribution in [0.5, 0.6) is 0 Å². The lowest BCUT2D eigenvalue weighted by atomic mass is 9.91. The van der Waals surface area contributed by atoms with Crippen molar-refractivity contribution in [1.82, 2.24) is 0 Å². The Labute approximate surface area is 364 Å². The average molecular weight is 807 g/mol. The van der Waals surface area contributed by atoms with E-state index in [0.717, 1.165) is 21.9 Å². The van der Waals surface area contributed by atoms with E-state index in [0.29, 0.717) is 0 Å². The van der Waals surface area contributed by atoms with E-state index in [1.807, 2.05) is 23.5 Å². The van der Waals surface area contributed by atoms with Crippen molar-refractivity contribution >= 4 is 53.4 Å². The van der Waals surface area contributed by atoms with Crippen LogP contribution in [0.1, 0.15) is 0 Å². The van der Waals surface area contributed by atoms with Gasteiger partial charge in [0.15, 0.2) is 0 Å². The smallest absolute Gasteiger partial charge is 0.136 e. The zero-order chi connectivity index (χ0) is 41.0. The van der Waals surface area contributed by atoms with Gasteiger partial charge >= 0.3 is 0 Å². The van der Waals surface area contributed by atoms with Crippen LogP contribution >= 0.6 is 11.3 Å². The van der Waals surface area contributed by atoms with Crippen molar-refractivity contribution in [1.29, 1.82) is 0 Å². The highest BCUT2D eigenvalue weighted by molar-refractivity contribution is 7.26. The summed E-state index contributed by atoms with van der Waals surface area (Å²) in [5, 5.41) is 4.92. The number of fused-ring (bicyclic) bond motifs is 6. The van der Waals surface area contributed by atoms with E-state index in [9.17, 15) is 0 Å². The van der Waals surface area contributed by atoms with Crippen LogP contribution in [0.3, 0.4) is 0 Å². The van der Waals surface area contributed by atoms with Crippen LogP contribution in [0.4, 0.5) is 0 Å². The van der Waals surface area contributed by atoms with Gasteiger partial charge in [-0.1, -0.05) is 194 Å². The van der Waals surface area contributed by atoms with Gasteiger partial charge in [0, 0.05) is 30.9 Å². The summed E-state index contributed by atoms with van der Waals surface area (Å²) in [7, 11) is 0. The van der Waals surface area contributed by atoms with Crippen molar-refractivity contribution in [3.05, 3.63) is 231 Å². The van der Waals surface area contributed by atoms with Crippen LogP contribution in [0.2, 0.25) is 0 Å². The van der Waals surface area contributed by atoms with E-state index < -0.39 is 0 Å². The molecule has 0 N–H and O–H groups in total. The zero-order valence-electron chi connectivity index (χ0n) is 33.8. The van der Waals surface area contributed by atoms with Crippen molar-refractivity contribution in [2.45, 2.75) is 0 Å². The first kappa shape index (κ1) is 36.1. The maximum absolute atomic E-state index is 6.29. The average Bonchev–Trinajstić information content (AvgIpc) is 3.93. The minimum absolute atomic E-state index is 0.904. The second-order valence-corrected chi connectivity index (χ2v) is 17.1. The van der Waals surface area contributed by atoms with Crippen LogP contribution < -0.4 is 0 Å². The lowest BCUT2D eigenvalue weighted by molar-refractivity contribution is 0.669. The van der Waals surface area contributed by atoms with Crippen LogP contribution in [0.25, 0.3) is 120 Å². The van der Waals surface area contributed by atoms with Gasteiger partial charge in [0.05, 0.1) is 0 Å². The number of rotatable bonds is 7. The van der Waals surface area contributed by atoms with E-state index in [1.165, 1.54) is 98.1 Å². The molecule has 12 rings (SSSR count). The normalized spacial score (nSPS) is 11.5. The highest BCUT2D eigenvalue weighted by atomic mass is 32.1. The first-order chi connectivity index (χ1) is 30.7. The standard InChI is InChI=1S/C60H38OS/c1-3-11-39(12-4-1)47-33-34-53-54-18-9-17-52(60(54)62-58(53)38-47)46-31-29-44(30-32-46)42-23-21-41(22-24-42)43-25-27-45(28-26-43)49-35-48(40-13-5-2-6-14-40)36-50(37-49)51-16-10-20-57-59(51)55-15-7-8-19-56(55)61-57/h1-38H. The monoisotopic (exact) mass is 806 g/mol. The molecule has 0 saturated heterocycles. The number of benzene rings is 10. The van der Waals surface area contributed by atoms with Gasteiger partial charge in [0.1, 0.15) is 11.2 Å². The van der Waals surface area contributed by atoms with E-state index in [1.54, 1.807) is 0 Å². The molecule has 12 aromatic rings. The van der Waals surface area contributed by atoms with Crippen molar-refractivity contribution in [3.63, 3.8) is 0 Å². The Kier molecular flexibility index (Phi) is 8.76. The molecule has 0 aliphatic heterocycles. The van der Waals surface area contributed by atoms with Crippen LogP contribution in [-0.4, -0.2) is 0 Å². The van der Waals surface area contributed by atoms with Crippen molar-refractivity contribution in [2.75, 3.05) is 0 Å². The molecule has 62 heavy (non-hydrogen) atoms. The Hall–Kier alpha value is -7.78. The summed E-state index contributed by atoms with van der Waals surface area (Å²) in [5.41, 5.74) is 18.7. The second-order valence-electron chi connectivity index (χ2n) is 16.0. The molecule has 0 unspecified atom stereocenters. The predicted molar refractivity (Wildman–Crippen MR) is 265 cm³/mol. The molecule has 0 aliphatic rings. The lowest BCUT2D eigenvalue weighted by Gasteiger charge is -2.13. The topological polar surface area (TPSA) is 13.1 Å². The molecule has 2 heterocycles. The third kappa shape index (κ3) is 6.41. The number of thiophene rings is 1. The third-order valence-corrected chi connectivity index (χ3v) is 13.5. The minimum Gasteiger partial charge on any atom is -0.456 e. The molecule has 10 aromatic carbocycles. The molecule has 0 spiro atoms. The molecule has 2 heteroatoms. The van der Waals surface area contributed by atoms with Crippen LogP contribution in [0, 0.1) is 0 Å². The van der Waals surface area contributed by atoms with Gasteiger partial charge in [-0.3, -0.25) is 0 Å². The van der Waals surface area contributed by atoms with Gasteiger partial charge in [-0.05, 0) is 114 Å². The molecule has 0 amide bonds. The largest absolute Gasteiger partial charge is 0.456 e. The summed E-state index contributed by atoms with van der Waals surface area (Å²) in [6.07, 6.45) is 0. The number of para-hydroxylation sites is 1. The van der Waals surface area contributed by atoms with Crippen molar-refractivity contribution in [2.24, 2.45) is 0 Å². The number of hydrogen-bond donors (Lipinski definition) is 0. The highest BCUT2D eigenvalue weighted by Gasteiger charge is 2.16. The Morgan fingerprint density at radius 3 is 1.35 bits per heavy atom. The number of furan rings is 1. The molecular formula is C60H38OS. The highest BCUT2D eigenvalue weighted by Crippen LogP contribution is 2.43. The van der Waals surface area contributed by atoms with Gasteiger partial charge in [0.2, 0.25) is 0 Å². The lowest BCUT2D eigenvalue weighted by Crippen LogP contribution is -1.87. The first-order valence-electron chi connectivity index (χ1n) is 21.1. The predicted octanol–water partition coefficient (Wildman–Crippen LogP) is 17.6. The molecule has 0 fully saturated rings. The van der Waals surface area contributed by atoms with Gasteiger partial charge < -0.3 is 4.42 Å². The van der Waals surface area contributed by atoms with Crippen molar-refractivity contribution < 1.29 is 4.42 Å². The quantitative estimate of drug-likeness (QED) is 0.156. The molecule has 0 radical (unpaired) electrons. The van der Waals surface area contributed by atoms with Crippen LogP contribution in [-0.2, 0) is 0 Å². The van der Waals surface area contributed by atoms with E-state index in [-0.39, 0.29) is 0 Å². The van der Waals surface area contributed by atoms with Gasteiger partial charge in [0.25, 0.3) is 0 Å². The molecule has 290 valence electrons. The molecule has 0 bridgehead atoms. The fraction of sp³-hybridized carbons (Fsp3) is 0.